The molecule has 1 aromatic carbocycles. The van der Waals surface area contributed by atoms with Gasteiger partial charge in [-0.1, -0.05) is 30.3 Å². The van der Waals surface area contributed by atoms with Crippen molar-refractivity contribution in [2.45, 2.75) is 20.3 Å². The van der Waals surface area contributed by atoms with Crippen LogP contribution in [0.5, 0.6) is 5.88 Å². The Morgan fingerprint density at radius 2 is 1.68 bits per heavy atom. The van der Waals surface area contributed by atoms with Crippen LogP contribution in [-0.2, 0) is 6.42 Å². The molecule has 0 unspecified atom stereocenters. The van der Waals surface area contributed by atoms with Gasteiger partial charge in [0.25, 0.3) is 0 Å². The van der Waals surface area contributed by atoms with Gasteiger partial charge in [-0.3, -0.25) is 4.98 Å². The van der Waals surface area contributed by atoms with Crippen molar-refractivity contribution in [3.63, 3.8) is 0 Å². The number of aryl methyl sites for hydroxylation is 2. The van der Waals surface area contributed by atoms with Gasteiger partial charge in [0.2, 0.25) is 5.88 Å². The molecule has 0 saturated heterocycles. The number of pyridine rings is 1. The van der Waals surface area contributed by atoms with Gasteiger partial charge in [0.15, 0.2) is 5.65 Å². The molecule has 124 valence electrons. The Balaban J connectivity index is 1.90. The Labute approximate surface area is 145 Å². The lowest BCUT2D eigenvalue weighted by Crippen LogP contribution is -2.02. The summed E-state index contributed by atoms with van der Waals surface area (Å²) in [6.07, 6.45) is 4.11. The molecule has 0 aliphatic carbocycles. The van der Waals surface area contributed by atoms with Crippen LogP contribution in [0.2, 0.25) is 0 Å². The molecule has 4 rings (SSSR count). The number of fused-ring (bicyclic) bond motifs is 1. The maximum Gasteiger partial charge on any atom is 0.219 e. The highest BCUT2D eigenvalue weighted by atomic mass is 16.3. The van der Waals surface area contributed by atoms with Crippen LogP contribution in [0.1, 0.15) is 22.5 Å². The van der Waals surface area contributed by atoms with Gasteiger partial charge in [-0.05, 0) is 37.1 Å². The zero-order valence-corrected chi connectivity index (χ0v) is 14.1. The van der Waals surface area contributed by atoms with Crippen LogP contribution in [0.15, 0.2) is 54.9 Å². The lowest BCUT2D eigenvalue weighted by Gasteiger charge is -2.10. The average molecular weight is 330 g/mol. The number of aromatic nitrogens is 4. The first-order valence-corrected chi connectivity index (χ1v) is 8.17. The molecule has 0 atom stereocenters. The summed E-state index contributed by atoms with van der Waals surface area (Å²) in [6.45, 7) is 3.85. The molecule has 1 N–H and O–H groups in total. The molecule has 5 heteroatoms. The Hall–Kier alpha value is -3.21. The first-order valence-electron chi connectivity index (χ1n) is 8.17. The molecule has 4 aromatic rings. The number of rotatable bonds is 3. The van der Waals surface area contributed by atoms with Gasteiger partial charge in [-0.15, -0.1) is 0 Å². The van der Waals surface area contributed by atoms with Crippen LogP contribution >= 0.6 is 0 Å². The van der Waals surface area contributed by atoms with E-state index < -0.39 is 0 Å². The summed E-state index contributed by atoms with van der Waals surface area (Å²) < 4.78 is 1.54. The van der Waals surface area contributed by atoms with Crippen LogP contribution in [0.4, 0.5) is 0 Å². The Morgan fingerprint density at radius 3 is 2.40 bits per heavy atom. The third-order valence-electron chi connectivity index (χ3n) is 4.41. The predicted octanol–water partition coefficient (Wildman–Crippen LogP) is 3.70. The van der Waals surface area contributed by atoms with Crippen LogP contribution in [0, 0.1) is 13.8 Å². The van der Waals surface area contributed by atoms with E-state index in [1.807, 2.05) is 56.3 Å². The van der Waals surface area contributed by atoms with Crippen LogP contribution < -0.4 is 0 Å². The Bertz CT molecular complexity index is 1040. The van der Waals surface area contributed by atoms with Gasteiger partial charge in [0.1, 0.15) is 0 Å². The summed E-state index contributed by atoms with van der Waals surface area (Å²) in [6, 6.07) is 13.9. The fourth-order valence-corrected chi connectivity index (χ4v) is 3.15. The van der Waals surface area contributed by atoms with Crippen molar-refractivity contribution in [2.24, 2.45) is 0 Å². The molecule has 0 aliphatic rings. The van der Waals surface area contributed by atoms with Gasteiger partial charge >= 0.3 is 0 Å². The number of hydrogen-bond donors (Lipinski definition) is 1. The number of nitrogens with zero attached hydrogens (tertiary/aromatic N) is 4. The molecule has 0 radical (unpaired) electrons. The molecule has 3 heterocycles. The maximum absolute atomic E-state index is 10.8. The zero-order chi connectivity index (χ0) is 17.4. The molecule has 5 nitrogen and oxygen atoms in total. The van der Waals surface area contributed by atoms with Crippen molar-refractivity contribution in [1.82, 2.24) is 19.6 Å². The van der Waals surface area contributed by atoms with E-state index in [4.69, 9.17) is 4.98 Å². The molecule has 3 aromatic heterocycles. The molecule has 0 aliphatic heterocycles. The molecular formula is C20H18N4O. The van der Waals surface area contributed by atoms with Crippen molar-refractivity contribution >= 4 is 5.65 Å². The number of benzene rings is 1. The van der Waals surface area contributed by atoms with Crippen molar-refractivity contribution in [1.29, 1.82) is 0 Å². The van der Waals surface area contributed by atoms with Gasteiger partial charge < -0.3 is 5.11 Å². The van der Waals surface area contributed by atoms with Crippen molar-refractivity contribution < 1.29 is 5.11 Å². The molecule has 0 spiro atoms. The molecule has 0 bridgehead atoms. The van der Waals surface area contributed by atoms with Crippen molar-refractivity contribution in [2.75, 3.05) is 0 Å². The summed E-state index contributed by atoms with van der Waals surface area (Å²) in [5.74, 6) is 0.148. The van der Waals surface area contributed by atoms with Crippen molar-refractivity contribution in [3.8, 4) is 17.0 Å². The third-order valence-corrected chi connectivity index (χ3v) is 4.41. The lowest BCUT2D eigenvalue weighted by molar-refractivity contribution is 0.427. The predicted molar refractivity (Wildman–Crippen MR) is 96.6 cm³/mol. The highest BCUT2D eigenvalue weighted by Gasteiger charge is 2.19. The normalized spacial score (nSPS) is 11.1. The number of aromatic hydroxyl groups is 1. The SMILES string of the molecule is Cc1nc2c(-c3ccncc3)c(C)nn2c(O)c1Cc1ccccc1. The number of hydrogen-bond acceptors (Lipinski definition) is 4. The topological polar surface area (TPSA) is 63.3 Å². The Morgan fingerprint density at radius 1 is 0.960 bits per heavy atom. The van der Waals surface area contributed by atoms with Crippen LogP contribution in [0.25, 0.3) is 16.8 Å². The van der Waals surface area contributed by atoms with Gasteiger partial charge in [-0.25, -0.2) is 4.98 Å². The van der Waals surface area contributed by atoms with Gasteiger partial charge in [0.05, 0.1) is 5.69 Å². The van der Waals surface area contributed by atoms with Gasteiger partial charge in [-0.2, -0.15) is 9.61 Å². The highest BCUT2D eigenvalue weighted by Crippen LogP contribution is 2.31. The summed E-state index contributed by atoms with van der Waals surface area (Å²) in [5.41, 5.74) is 6.13. The summed E-state index contributed by atoms with van der Waals surface area (Å²) in [7, 11) is 0. The second kappa shape index (κ2) is 6.02. The highest BCUT2D eigenvalue weighted by molar-refractivity contribution is 5.80. The molecular weight excluding hydrogens is 312 g/mol. The maximum atomic E-state index is 10.8. The van der Waals surface area contributed by atoms with E-state index in [1.54, 1.807) is 12.4 Å². The second-order valence-corrected chi connectivity index (χ2v) is 6.09. The van der Waals surface area contributed by atoms with E-state index in [-0.39, 0.29) is 5.88 Å². The molecule has 0 fully saturated rings. The molecule has 25 heavy (non-hydrogen) atoms. The van der Waals surface area contributed by atoms with E-state index in [0.29, 0.717) is 12.1 Å². The quantitative estimate of drug-likeness (QED) is 0.622. The first-order chi connectivity index (χ1) is 12.1. The minimum atomic E-state index is 0.148. The summed E-state index contributed by atoms with van der Waals surface area (Å²) in [4.78, 5) is 8.81. The summed E-state index contributed by atoms with van der Waals surface area (Å²) in [5, 5.41) is 15.3. The fraction of sp³-hybridized carbons (Fsp3) is 0.150. The van der Waals surface area contributed by atoms with E-state index >= 15 is 0 Å². The van der Waals surface area contributed by atoms with E-state index in [1.165, 1.54) is 4.52 Å². The first kappa shape index (κ1) is 15.3. The van der Waals surface area contributed by atoms with E-state index in [9.17, 15) is 5.11 Å². The molecule has 0 amide bonds. The molecule has 0 saturated carbocycles. The van der Waals surface area contributed by atoms with Gasteiger partial charge in [0, 0.05) is 35.6 Å². The monoisotopic (exact) mass is 330 g/mol. The van der Waals surface area contributed by atoms with Crippen LogP contribution in [-0.4, -0.2) is 24.7 Å². The second-order valence-electron chi connectivity index (χ2n) is 6.09. The van der Waals surface area contributed by atoms with E-state index in [2.05, 4.69) is 10.1 Å². The summed E-state index contributed by atoms with van der Waals surface area (Å²) >= 11 is 0. The zero-order valence-electron chi connectivity index (χ0n) is 14.1. The largest absolute Gasteiger partial charge is 0.493 e. The van der Waals surface area contributed by atoms with Crippen LogP contribution in [0.3, 0.4) is 0 Å². The lowest BCUT2D eigenvalue weighted by atomic mass is 10.0. The van der Waals surface area contributed by atoms with Crippen molar-refractivity contribution in [3.05, 3.63) is 77.4 Å². The Kier molecular flexibility index (Phi) is 3.69. The minimum absolute atomic E-state index is 0.148. The van der Waals surface area contributed by atoms with E-state index in [0.717, 1.165) is 33.6 Å². The third kappa shape index (κ3) is 2.63. The average Bonchev–Trinajstić information content (AvgIpc) is 2.96. The fourth-order valence-electron chi connectivity index (χ4n) is 3.15. The smallest absolute Gasteiger partial charge is 0.219 e. The standard InChI is InChI=1S/C20H18N4O/c1-13-17(12-15-6-4-3-5-7-15)20(25)24-19(22-13)18(14(2)23-24)16-8-10-21-11-9-16/h3-11,25H,12H2,1-2H3. The minimum Gasteiger partial charge on any atom is -0.493 e.